The minimum absolute atomic E-state index is 0.195. The van der Waals surface area contributed by atoms with E-state index in [1.807, 2.05) is 26.0 Å². The maximum absolute atomic E-state index is 14.8. The molecule has 1 saturated heterocycles. The zero-order chi connectivity index (χ0) is 19.8. The van der Waals surface area contributed by atoms with E-state index in [4.69, 9.17) is 9.72 Å². The van der Waals surface area contributed by atoms with E-state index < -0.39 is 0 Å². The molecule has 144 valence electrons. The van der Waals surface area contributed by atoms with Crippen LogP contribution >= 0.6 is 15.9 Å². The molecule has 3 aromatic rings. The van der Waals surface area contributed by atoms with Gasteiger partial charge in [0, 0.05) is 53.1 Å². The van der Waals surface area contributed by atoms with Crippen molar-refractivity contribution in [3.63, 3.8) is 0 Å². The molecule has 0 atom stereocenters. The Morgan fingerprint density at radius 2 is 1.96 bits per heavy atom. The van der Waals surface area contributed by atoms with Gasteiger partial charge >= 0.3 is 0 Å². The second-order valence-corrected chi connectivity index (χ2v) is 8.00. The van der Waals surface area contributed by atoms with E-state index in [0.29, 0.717) is 39.7 Å². The lowest BCUT2D eigenvalue weighted by Gasteiger charge is -2.25. The molecule has 0 saturated carbocycles. The Bertz CT molecular complexity index is 1080. The van der Waals surface area contributed by atoms with Gasteiger partial charge in [-0.15, -0.1) is 0 Å². The SMILES string of the molecule is Cc1ncc(-c2cc3c(F)c(Br)ccc3nc2C2CCOCC2)c(C=O)c1C. The summed E-state index contributed by atoms with van der Waals surface area (Å²) >= 11 is 3.25. The number of pyridine rings is 2. The summed E-state index contributed by atoms with van der Waals surface area (Å²) in [5.41, 5.74) is 5.18. The van der Waals surface area contributed by atoms with Crippen LogP contribution in [0.3, 0.4) is 0 Å². The molecule has 0 N–H and O–H groups in total. The standard InChI is InChI=1S/C22H20BrFN2O2/c1-12-13(2)25-10-17(18(12)11-27)15-9-16-20(4-3-19(23)21(16)24)26-22(15)14-5-7-28-8-6-14/h3-4,9-11,14H,5-8H2,1-2H3. The summed E-state index contributed by atoms with van der Waals surface area (Å²) in [6, 6.07) is 5.30. The molecule has 28 heavy (non-hydrogen) atoms. The lowest BCUT2D eigenvalue weighted by atomic mass is 9.87. The summed E-state index contributed by atoms with van der Waals surface area (Å²) in [6.45, 7) is 5.10. The van der Waals surface area contributed by atoms with Gasteiger partial charge in [0.2, 0.25) is 0 Å². The van der Waals surface area contributed by atoms with Crippen molar-refractivity contribution in [2.45, 2.75) is 32.6 Å². The van der Waals surface area contributed by atoms with Crippen LogP contribution in [0.25, 0.3) is 22.0 Å². The summed E-state index contributed by atoms with van der Waals surface area (Å²) < 4.78 is 20.7. The van der Waals surface area contributed by atoms with Gasteiger partial charge in [0.15, 0.2) is 6.29 Å². The summed E-state index contributed by atoms with van der Waals surface area (Å²) in [7, 11) is 0. The lowest BCUT2D eigenvalue weighted by molar-refractivity contribution is 0.0847. The number of halogens is 2. The molecule has 2 aromatic heterocycles. The number of aromatic nitrogens is 2. The largest absolute Gasteiger partial charge is 0.381 e. The van der Waals surface area contributed by atoms with Gasteiger partial charge in [0.1, 0.15) is 5.82 Å². The molecular formula is C22H20BrFN2O2. The van der Waals surface area contributed by atoms with Gasteiger partial charge in [0.05, 0.1) is 15.7 Å². The van der Waals surface area contributed by atoms with E-state index in [1.54, 1.807) is 12.3 Å². The van der Waals surface area contributed by atoms with E-state index in [1.165, 1.54) is 0 Å². The third kappa shape index (κ3) is 3.25. The summed E-state index contributed by atoms with van der Waals surface area (Å²) in [4.78, 5) is 21.2. The highest BCUT2D eigenvalue weighted by Gasteiger charge is 2.24. The van der Waals surface area contributed by atoms with Crippen LogP contribution < -0.4 is 0 Å². The van der Waals surface area contributed by atoms with Crippen LogP contribution in [-0.2, 0) is 4.74 Å². The number of benzene rings is 1. The van der Waals surface area contributed by atoms with Crippen molar-refractivity contribution in [1.82, 2.24) is 9.97 Å². The highest BCUT2D eigenvalue weighted by Crippen LogP contribution is 2.38. The summed E-state index contributed by atoms with van der Waals surface area (Å²) in [5.74, 6) is -0.157. The zero-order valence-electron chi connectivity index (χ0n) is 15.8. The topological polar surface area (TPSA) is 52.1 Å². The van der Waals surface area contributed by atoms with Crippen LogP contribution in [0.5, 0.6) is 0 Å². The first-order chi connectivity index (χ1) is 13.5. The molecule has 4 rings (SSSR count). The van der Waals surface area contributed by atoms with Gasteiger partial charge in [-0.3, -0.25) is 14.8 Å². The van der Waals surface area contributed by atoms with Gasteiger partial charge in [-0.05, 0) is 66.4 Å². The molecule has 0 amide bonds. The second kappa shape index (κ2) is 7.68. The van der Waals surface area contributed by atoms with Crippen molar-refractivity contribution in [2.75, 3.05) is 13.2 Å². The van der Waals surface area contributed by atoms with Gasteiger partial charge < -0.3 is 4.74 Å². The Labute approximate surface area is 171 Å². The van der Waals surface area contributed by atoms with E-state index in [0.717, 1.165) is 41.6 Å². The van der Waals surface area contributed by atoms with E-state index in [9.17, 15) is 9.18 Å². The fourth-order valence-corrected chi connectivity index (χ4v) is 4.13. The average Bonchev–Trinajstić information content (AvgIpc) is 2.72. The highest BCUT2D eigenvalue weighted by atomic mass is 79.9. The Hall–Kier alpha value is -2.18. The lowest BCUT2D eigenvalue weighted by Crippen LogP contribution is -2.16. The predicted molar refractivity (Wildman–Crippen MR) is 110 cm³/mol. The highest BCUT2D eigenvalue weighted by molar-refractivity contribution is 9.10. The van der Waals surface area contributed by atoms with Crippen molar-refractivity contribution >= 4 is 33.1 Å². The smallest absolute Gasteiger partial charge is 0.151 e. The van der Waals surface area contributed by atoms with Crippen molar-refractivity contribution in [1.29, 1.82) is 0 Å². The molecule has 1 aliphatic rings. The van der Waals surface area contributed by atoms with Crippen molar-refractivity contribution in [3.8, 4) is 11.1 Å². The molecule has 0 unspecified atom stereocenters. The van der Waals surface area contributed by atoms with Crippen molar-refractivity contribution in [2.24, 2.45) is 0 Å². The predicted octanol–water partition coefficient (Wildman–Crippen LogP) is 5.52. The van der Waals surface area contributed by atoms with Crippen LogP contribution in [-0.4, -0.2) is 29.5 Å². The normalized spacial score (nSPS) is 15.1. The third-order valence-corrected chi connectivity index (χ3v) is 6.17. The molecule has 0 radical (unpaired) electrons. The summed E-state index contributed by atoms with van der Waals surface area (Å²) in [5, 5.41) is 0.426. The third-order valence-electron chi connectivity index (χ3n) is 5.56. The van der Waals surface area contributed by atoms with Crippen LogP contribution in [0.2, 0.25) is 0 Å². The Morgan fingerprint density at radius 3 is 2.68 bits per heavy atom. The fraction of sp³-hybridized carbons (Fsp3) is 0.318. The fourth-order valence-electron chi connectivity index (χ4n) is 3.79. The first-order valence-electron chi connectivity index (χ1n) is 9.29. The maximum atomic E-state index is 14.8. The number of aldehydes is 1. The number of fused-ring (bicyclic) bond motifs is 1. The van der Waals surface area contributed by atoms with Gasteiger partial charge in [-0.2, -0.15) is 0 Å². The minimum atomic E-state index is -0.353. The van der Waals surface area contributed by atoms with Gasteiger partial charge in [-0.25, -0.2) is 4.39 Å². The van der Waals surface area contributed by atoms with Crippen LogP contribution in [0.1, 0.15) is 46.1 Å². The number of carbonyl (C=O) groups is 1. The number of aryl methyl sites for hydroxylation is 1. The van der Waals surface area contributed by atoms with Crippen LogP contribution in [0, 0.1) is 19.7 Å². The molecule has 0 bridgehead atoms. The van der Waals surface area contributed by atoms with Crippen LogP contribution in [0.15, 0.2) is 28.9 Å². The van der Waals surface area contributed by atoms with Crippen molar-refractivity contribution in [3.05, 3.63) is 57.2 Å². The molecule has 4 nitrogen and oxygen atoms in total. The molecule has 1 fully saturated rings. The molecule has 0 aliphatic carbocycles. The second-order valence-electron chi connectivity index (χ2n) is 7.15. The number of nitrogens with zero attached hydrogens (tertiary/aromatic N) is 2. The quantitative estimate of drug-likeness (QED) is 0.500. The number of ether oxygens (including phenoxy) is 1. The van der Waals surface area contributed by atoms with Gasteiger partial charge in [0.25, 0.3) is 0 Å². The van der Waals surface area contributed by atoms with Gasteiger partial charge in [-0.1, -0.05) is 0 Å². The number of hydrogen-bond donors (Lipinski definition) is 0. The molecule has 0 spiro atoms. The molecule has 1 aliphatic heterocycles. The Balaban J connectivity index is 2.04. The molecule has 3 heterocycles. The summed E-state index contributed by atoms with van der Waals surface area (Å²) in [6.07, 6.45) is 4.25. The number of carbonyl (C=O) groups excluding carboxylic acids is 1. The molecule has 6 heteroatoms. The Morgan fingerprint density at radius 1 is 1.21 bits per heavy atom. The molecular weight excluding hydrogens is 423 g/mol. The van der Waals surface area contributed by atoms with Crippen LogP contribution in [0.4, 0.5) is 4.39 Å². The first kappa shape index (κ1) is 19.2. The average molecular weight is 443 g/mol. The number of hydrogen-bond acceptors (Lipinski definition) is 4. The monoisotopic (exact) mass is 442 g/mol. The Kier molecular flexibility index (Phi) is 5.25. The zero-order valence-corrected chi connectivity index (χ0v) is 17.3. The molecule has 1 aromatic carbocycles. The van der Waals surface area contributed by atoms with E-state index in [-0.39, 0.29) is 11.7 Å². The first-order valence-corrected chi connectivity index (χ1v) is 10.1. The maximum Gasteiger partial charge on any atom is 0.151 e. The minimum Gasteiger partial charge on any atom is -0.381 e. The van der Waals surface area contributed by atoms with E-state index in [2.05, 4.69) is 20.9 Å². The van der Waals surface area contributed by atoms with Crippen molar-refractivity contribution < 1.29 is 13.9 Å². The van der Waals surface area contributed by atoms with E-state index >= 15 is 0 Å². The number of rotatable bonds is 3.